The van der Waals surface area contributed by atoms with Crippen molar-refractivity contribution in [2.45, 2.75) is 17.9 Å². The molecule has 2 heterocycles. The third-order valence-corrected chi connectivity index (χ3v) is 6.94. The van der Waals surface area contributed by atoms with Crippen molar-refractivity contribution in [1.82, 2.24) is 14.3 Å². The predicted molar refractivity (Wildman–Crippen MR) is 124 cm³/mol. The largest absolute Gasteiger partial charge is 0.497 e. The number of hydrogen-bond donors (Lipinski definition) is 1. The highest BCUT2D eigenvalue weighted by atomic mass is 32.2. The van der Waals surface area contributed by atoms with Gasteiger partial charge in [0.25, 0.3) is 10.0 Å². The molecule has 1 amide bonds. The average molecular weight is 466 g/mol. The number of nitrogens with zero attached hydrogens (tertiary/aromatic N) is 2. The minimum Gasteiger partial charge on any atom is -0.497 e. The molecule has 170 valence electrons. The summed E-state index contributed by atoms with van der Waals surface area (Å²) in [7, 11) is -1.00. The molecule has 0 fully saturated rings. The van der Waals surface area contributed by atoms with Gasteiger partial charge in [-0.25, -0.2) is 17.2 Å². The number of benzene rings is 2. The number of carbonyl (C=O) groups is 1. The van der Waals surface area contributed by atoms with Gasteiger partial charge in [-0.1, -0.05) is 24.3 Å². The van der Waals surface area contributed by atoms with E-state index in [1.807, 2.05) is 42.5 Å². The van der Waals surface area contributed by atoms with Crippen molar-refractivity contribution in [3.05, 3.63) is 89.9 Å². The third kappa shape index (κ3) is 4.68. The zero-order chi connectivity index (χ0) is 23.4. The van der Waals surface area contributed by atoms with Crippen LogP contribution in [0.3, 0.4) is 0 Å². The highest BCUT2D eigenvalue weighted by Gasteiger charge is 2.22. The summed E-state index contributed by atoms with van der Waals surface area (Å²) in [5.41, 5.74) is 3.18. The lowest BCUT2D eigenvalue weighted by molar-refractivity contribution is 0.170. The van der Waals surface area contributed by atoms with Crippen LogP contribution in [0.2, 0.25) is 0 Å². The summed E-state index contributed by atoms with van der Waals surface area (Å²) in [6.45, 7) is 0.122. The zero-order valence-electron chi connectivity index (χ0n) is 18.2. The molecule has 0 saturated carbocycles. The topological polar surface area (TPSA) is 99.5 Å². The molecule has 1 N–H and O–H groups in total. The van der Waals surface area contributed by atoms with Gasteiger partial charge in [-0.05, 0) is 53.4 Å². The van der Waals surface area contributed by atoms with Gasteiger partial charge in [-0.2, -0.15) is 0 Å². The van der Waals surface area contributed by atoms with E-state index >= 15 is 0 Å². The van der Waals surface area contributed by atoms with Gasteiger partial charge in [0, 0.05) is 30.5 Å². The molecule has 0 aliphatic rings. The average Bonchev–Trinajstić information content (AvgIpc) is 3.22. The fourth-order valence-electron chi connectivity index (χ4n) is 3.59. The number of pyridine rings is 1. The molecule has 8 nitrogen and oxygen atoms in total. The Morgan fingerprint density at radius 2 is 1.82 bits per heavy atom. The molecule has 4 aromatic rings. The molecular weight excluding hydrogens is 442 g/mol. The monoisotopic (exact) mass is 465 g/mol. The first kappa shape index (κ1) is 22.3. The number of fused-ring (bicyclic) bond motifs is 1. The molecule has 0 unspecified atom stereocenters. The van der Waals surface area contributed by atoms with Crippen LogP contribution in [0.1, 0.15) is 16.7 Å². The lowest BCUT2D eigenvalue weighted by Gasteiger charge is -2.09. The third-order valence-electron chi connectivity index (χ3n) is 5.29. The molecule has 0 radical (unpaired) electrons. The molecule has 0 saturated heterocycles. The van der Waals surface area contributed by atoms with Gasteiger partial charge in [0.2, 0.25) is 0 Å². The number of alkyl carbamates (subject to hydrolysis) is 1. The highest BCUT2D eigenvalue weighted by molar-refractivity contribution is 7.90. The van der Waals surface area contributed by atoms with Gasteiger partial charge >= 0.3 is 6.09 Å². The van der Waals surface area contributed by atoms with E-state index < -0.39 is 16.1 Å². The van der Waals surface area contributed by atoms with Crippen LogP contribution in [0.15, 0.2) is 78.1 Å². The zero-order valence-corrected chi connectivity index (χ0v) is 19.0. The summed E-state index contributed by atoms with van der Waals surface area (Å²) < 4.78 is 37.9. The molecule has 0 bridgehead atoms. The lowest BCUT2D eigenvalue weighted by atomic mass is 10.0. The Bertz CT molecular complexity index is 1380. The number of carbonyl (C=O) groups excluding carboxylic acids is 1. The van der Waals surface area contributed by atoms with Crippen LogP contribution in [0, 0.1) is 0 Å². The van der Waals surface area contributed by atoms with E-state index in [9.17, 15) is 13.2 Å². The van der Waals surface area contributed by atoms with Crippen LogP contribution < -0.4 is 10.1 Å². The lowest BCUT2D eigenvalue weighted by Crippen LogP contribution is -2.22. The van der Waals surface area contributed by atoms with E-state index in [2.05, 4.69) is 15.0 Å². The van der Waals surface area contributed by atoms with Crippen molar-refractivity contribution in [1.29, 1.82) is 0 Å². The summed E-state index contributed by atoms with van der Waals surface area (Å²) in [5, 5.41) is 3.34. The van der Waals surface area contributed by atoms with Gasteiger partial charge < -0.3 is 14.8 Å². The number of nitrogens with one attached hydrogen (secondary N) is 1. The molecule has 0 aliphatic carbocycles. The van der Waals surface area contributed by atoms with Crippen molar-refractivity contribution < 1.29 is 22.7 Å². The van der Waals surface area contributed by atoms with Crippen LogP contribution in [0.5, 0.6) is 5.75 Å². The maximum Gasteiger partial charge on any atom is 0.407 e. The predicted octanol–water partition coefficient (Wildman–Crippen LogP) is 3.73. The fraction of sp³-hybridized carbons (Fsp3) is 0.167. The second-order valence-electron chi connectivity index (χ2n) is 7.37. The number of amides is 1. The Hall–Kier alpha value is -3.85. The Labute approximate surface area is 191 Å². The van der Waals surface area contributed by atoms with Gasteiger partial charge in [0.15, 0.2) is 0 Å². The summed E-state index contributed by atoms with van der Waals surface area (Å²) >= 11 is 0. The Kier molecular flexibility index (Phi) is 6.32. The standard InChI is InChI=1S/C24H23N3O5S/c1-31-20-8-5-17(6-9-20)12-18-7-10-22-19(14-26-24(28)32-2)16-27(23(22)13-18)33(29,30)21-4-3-11-25-15-21/h3-11,13,15-16H,12,14H2,1-2H3,(H,26,28). The van der Waals surface area contributed by atoms with E-state index in [-0.39, 0.29) is 11.4 Å². The second-order valence-corrected chi connectivity index (χ2v) is 9.18. The van der Waals surface area contributed by atoms with Crippen LogP contribution in [-0.2, 0) is 27.7 Å². The normalized spacial score (nSPS) is 11.3. The maximum atomic E-state index is 13.4. The second kappa shape index (κ2) is 9.33. The molecule has 0 atom stereocenters. The summed E-state index contributed by atoms with van der Waals surface area (Å²) in [6, 6.07) is 16.5. The summed E-state index contributed by atoms with van der Waals surface area (Å²) in [4.78, 5) is 15.6. The van der Waals surface area contributed by atoms with Crippen molar-refractivity contribution in [3.8, 4) is 5.75 Å². The van der Waals surface area contributed by atoms with Crippen molar-refractivity contribution in [2.24, 2.45) is 0 Å². The number of methoxy groups -OCH3 is 2. The van der Waals surface area contributed by atoms with Crippen molar-refractivity contribution in [3.63, 3.8) is 0 Å². The van der Waals surface area contributed by atoms with E-state index in [1.165, 1.54) is 35.7 Å². The SMILES string of the molecule is COC(=O)NCc1cn(S(=O)(=O)c2cccnc2)c2cc(Cc3ccc(OC)cc3)ccc12. The van der Waals surface area contributed by atoms with Gasteiger partial charge in [0.05, 0.1) is 19.7 Å². The van der Waals surface area contributed by atoms with Gasteiger partial charge in [-0.3, -0.25) is 4.98 Å². The smallest absolute Gasteiger partial charge is 0.407 e. The number of rotatable bonds is 7. The molecule has 2 aromatic carbocycles. The van der Waals surface area contributed by atoms with E-state index in [0.29, 0.717) is 17.5 Å². The van der Waals surface area contributed by atoms with Gasteiger partial charge in [0.1, 0.15) is 10.6 Å². The first-order valence-corrected chi connectivity index (χ1v) is 11.6. The Balaban J connectivity index is 1.78. The number of aromatic nitrogens is 2. The molecule has 0 aliphatic heterocycles. The first-order valence-electron chi connectivity index (χ1n) is 10.2. The van der Waals surface area contributed by atoms with Crippen LogP contribution in [0.25, 0.3) is 10.9 Å². The molecule has 4 rings (SSSR count). The minimum atomic E-state index is -3.89. The fourth-order valence-corrected chi connectivity index (χ4v) is 4.94. The number of hydrogen-bond acceptors (Lipinski definition) is 6. The minimum absolute atomic E-state index is 0.0786. The summed E-state index contributed by atoms with van der Waals surface area (Å²) in [6.07, 6.45) is 4.39. The maximum absolute atomic E-state index is 13.4. The van der Waals surface area contributed by atoms with Crippen molar-refractivity contribution in [2.75, 3.05) is 14.2 Å². The molecule has 33 heavy (non-hydrogen) atoms. The van der Waals surface area contributed by atoms with Gasteiger partial charge in [-0.15, -0.1) is 0 Å². The molecule has 2 aromatic heterocycles. The van der Waals surface area contributed by atoms with E-state index in [0.717, 1.165) is 22.3 Å². The number of ether oxygens (including phenoxy) is 2. The quantitative estimate of drug-likeness (QED) is 0.447. The van der Waals surface area contributed by atoms with E-state index in [1.54, 1.807) is 13.2 Å². The van der Waals surface area contributed by atoms with E-state index in [4.69, 9.17) is 4.74 Å². The molecule has 0 spiro atoms. The van der Waals surface area contributed by atoms with Crippen molar-refractivity contribution >= 4 is 27.0 Å². The Morgan fingerprint density at radius 3 is 2.48 bits per heavy atom. The van der Waals surface area contributed by atoms with Crippen LogP contribution in [0.4, 0.5) is 4.79 Å². The Morgan fingerprint density at radius 1 is 1.06 bits per heavy atom. The first-order chi connectivity index (χ1) is 15.9. The highest BCUT2D eigenvalue weighted by Crippen LogP contribution is 2.28. The molecular formula is C24H23N3O5S. The van der Waals surface area contributed by atoms with Crippen LogP contribution in [-0.4, -0.2) is 37.7 Å². The molecule has 9 heteroatoms. The van der Waals surface area contributed by atoms with Crippen LogP contribution >= 0.6 is 0 Å². The summed E-state index contributed by atoms with van der Waals surface area (Å²) in [5.74, 6) is 0.772.